The van der Waals surface area contributed by atoms with E-state index >= 15 is 0 Å². The van der Waals surface area contributed by atoms with Gasteiger partial charge in [-0.2, -0.15) is 0 Å². The van der Waals surface area contributed by atoms with Crippen LogP contribution >= 0.6 is 0 Å². The predicted octanol–water partition coefficient (Wildman–Crippen LogP) is 3.60. The van der Waals surface area contributed by atoms with Crippen molar-refractivity contribution < 1.29 is 14.6 Å². The fourth-order valence-corrected chi connectivity index (χ4v) is 3.12. The Bertz CT molecular complexity index is 743. The Morgan fingerprint density at radius 2 is 1.96 bits per heavy atom. The van der Waals surface area contributed by atoms with Gasteiger partial charge in [0, 0.05) is 17.8 Å². The Labute approximate surface area is 141 Å². The summed E-state index contributed by atoms with van der Waals surface area (Å²) >= 11 is 0. The van der Waals surface area contributed by atoms with Gasteiger partial charge in [0.15, 0.2) is 11.5 Å². The van der Waals surface area contributed by atoms with Crippen LogP contribution in [0.2, 0.25) is 0 Å². The molecule has 3 rings (SSSR count). The molecule has 1 aliphatic rings. The minimum Gasteiger partial charge on any atom is -0.504 e. The number of methoxy groups -OCH3 is 1. The van der Waals surface area contributed by atoms with Gasteiger partial charge in [-0.15, -0.1) is 0 Å². The van der Waals surface area contributed by atoms with E-state index in [9.17, 15) is 9.90 Å². The molecule has 2 amide bonds. The Morgan fingerprint density at radius 1 is 1.17 bits per heavy atom. The molecule has 1 aliphatic carbocycles. The number of carbonyl (C=O) groups excluding carboxylic acids is 1. The van der Waals surface area contributed by atoms with E-state index in [-0.39, 0.29) is 18.3 Å². The largest absolute Gasteiger partial charge is 0.504 e. The van der Waals surface area contributed by atoms with Crippen molar-refractivity contribution in [3.05, 3.63) is 53.1 Å². The number of phenols is 1. The van der Waals surface area contributed by atoms with Crippen LogP contribution < -0.4 is 15.4 Å². The first-order valence-electron chi connectivity index (χ1n) is 8.19. The quantitative estimate of drug-likeness (QED) is 0.804. The first-order chi connectivity index (χ1) is 11.7. The summed E-state index contributed by atoms with van der Waals surface area (Å²) in [5.74, 6) is 0.448. The van der Waals surface area contributed by atoms with Gasteiger partial charge in [-0.1, -0.05) is 24.3 Å². The summed E-state index contributed by atoms with van der Waals surface area (Å²) in [4.78, 5) is 12.2. The highest BCUT2D eigenvalue weighted by Gasteiger charge is 2.14. The third kappa shape index (κ3) is 3.45. The average Bonchev–Trinajstić information content (AvgIpc) is 2.61. The molecule has 0 radical (unpaired) electrons. The van der Waals surface area contributed by atoms with Gasteiger partial charge in [0.1, 0.15) is 0 Å². The number of ether oxygens (including phenoxy) is 1. The molecule has 5 nitrogen and oxygen atoms in total. The molecule has 0 aliphatic heterocycles. The van der Waals surface area contributed by atoms with Crippen molar-refractivity contribution in [3.63, 3.8) is 0 Å². The number of phenolic OH excluding ortho intramolecular Hbond substituents is 1. The molecule has 0 bridgehead atoms. The van der Waals surface area contributed by atoms with Gasteiger partial charge in [-0.3, -0.25) is 0 Å². The summed E-state index contributed by atoms with van der Waals surface area (Å²) in [6.07, 6.45) is 4.44. The van der Waals surface area contributed by atoms with E-state index in [1.54, 1.807) is 18.2 Å². The molecule has 3 N–H and O–H groups in total. The molecule has 0 spiro atoms. The third-order valence-electron chi connectivity index (χ3n) is 4.39. The summed E-state index contributed by atoms with van der Waals surface area (Å²) in [5.41, 5.74) is 4.05. The zero-order valence-corrected chi connectivity index (χ0v) is 13.8. The highest BCUT2D eigenvalue weighted by molar-refractivity contribution is 5.90. The lowest BCUT2D eigenvalue weighted by Gasteiger charge is -2.19. The average molecular weight is 326 g/mol. The fraction of sp³-hybridized carbons (Fsp3) is 0.316. The highest BCUT2D eigenvalue weighted by atomic mass is 16.5. The van der Waals surface area contributed by atoms with Crippen molar-refractivity contribution in [2.24, 2.45) is 0 Å². The molecule has 0 aromatic heterocycles. The van der Waals surface area contributed by atoms with Crippen molar-refractivity contribution in [2.75, 3.05) is 12.4 Å². The van der Waals surface area contributed by atoms with Crippen LogP contribution in [0.5, 0.6) is 11.5 Å². The molecular weight excluding hydrogens is 304 g/mol. The fourth-order valence-electron chi connectivity index (χ4n) is 3.12. The maximum absolute atomic E-state index is 12.2. The van der Waals surface area contributed by atoms with Gasteiger partial charge in [0.05, 0.1) is 7.11 Å². The third-order valence-corrected chi connectivity index (χ3v) is 4.39. The normalized spacial score (nSPS) is 13.0. The SMILES string of the molecule is COc1cccc(CNC(=O)Nc2cccc3c2CCCC3)c1O. The van der Waals surface area contributed by atoms with Crippen LogP contribution in [0.3, 0.4) is 0 Å². The lowest BCUT2D eigenvalue weighted by Crippen LogP contribution is -2.29. The first-order valence-corrected chi connectivity index (χ1v) is 8.19. The van der Waals surface area contributed by atoms with E-state index in [1.165, 1.54) is 24.7 Å². The number of aromatic hydroxyl groups is 1. The molecule has 0 saturated heterocycles. The topological polar surface area (TPSA) is 70.6 Å². The Balaban J connectivity index is 1.65. The number of rotatable bonds is 4. The molecule has 0 unspecified atom stereocenters. The van der Waals surface area contributed by atoms with E-state index < -0.39 is 0 Å². The Morgan fingerprint density at radius 3 is 2.79 bits per heavy atom. The van der Waals surface area contributed by atoms with Crippen LogP contribution in [0, 0.1) is 0 Å². The van der Waals surface area contributed by atoms with Crippen LogP contribution in [0.4, 0.5) is 10.5 Å². The second-order valence-corrected chi connectivity index (χ2v) is 5.93. The van der Waals surface area contributed by atoms with Crippen LogP contribution in [-0.2, 0) is 19.4 Å². The highest BCUT2D eigenvalue weighted by Crippen LogP contribution is 2.29. The lowest BCUT2D eigenvalue weighted by molar-refractivity contribution is 0.251. The van der Waals surface area contributed by atoms with E-state index in [4.69, 9.17) is 4.74 Å². The molecule has 0 atom stereocenters. The van der Waals surface area contributed by atoms with Crippen LogP contribution in [-0.4, -0.2) is 18.2 Å². The summed E-state index contributed by atoms with van der Waals surface area (Å²) in [5, 5.41) is 15.8. The molecule has 24 heavy (non-hydrogen) atoms. The number of anilines is 1. The number of fused-ring (bicyclic) bond motifs is 1. The molecular formula is C19H22N2O3. The van der Waals surface area contributed by atoms with E-state index in [0.29, 0.717) is 11.3 Å². The summed E-state index contributed by atoms with van der Waals surface area (Å²) < 4.78 is 5.07. The zero-order chi connectivity index (χ0) is 16.9. The number of hydrogen-bond acceptors (Lipinski definition) is 3. The van der Waals surface area contributed by atoms with E-state index in [2.05, 4.69) is 16.7 Å². The number of urea groups is 1. The molecule has 2 aromatic carbocycles. The second kappa shape index (κ2) is 7.25. The number of amides is 2. The van der Waals surface area contributed by atoms with Crippen molar-refractivity contribution in [2.45, 2.75) is 32.2 Å². The van der Waals surface area contributed by atoms with Crippen molar-refractivity contribution >= 4 is 11.7 Å². The van der Waals surface area contributed by atoms with Crippen molar-refractivity contribution in [1.82, 2.24) is 5.32 Å². The molecule has 0 fully saturated rings. The predicted molar refractivity (Wildman–Crippen MR) is 93.6 cm³/mol. The minimum atomic E-state index is -0.281. The number of aryl methyl sites for hydroxylation is 1. The molecule has 5 heteroatoms. The summed E-state index contributed by atoms with van der Waals surface area (Å²) in [7, 11) is 1.50. The smallest absolute Gasteiger partial charge is 0.319 e. The maximum Gasteiger partial charge on any atom is 0.319 e. The molecule has 0 heterocycles. The number of carbonyl (C=O) groups is 1. The zero-order valence-electron chi connectivity index (χ0n) is 13.8. The summed E-state index contributed by atoms with van der Waals surface area (Å²) in [6.45, 7) is 0.226. The van der Waals surface area contributed by atoms with E-state index in [1.807, 2.05) is 12.1 Å². The van der Waals surface area contributed by atoms with Gasteiger partial charge in [-0.25, -0.2) is 4.79 Å². The molecule has 126 valence electrons. The monoisotopic (exact) mass is 326 g/mol. The second-order valence-electron chi connectivity index (χ2n) is 5.93. The van der Waals surface area contributed by atoms with Crippen LogP contribution in [0.15, 0.2) is 36.4 Å². The first kappa shape index (κ1) is 16.2. The Kier molecular flexibility index (Phi) is 4.89. The number of nitrogens with one attached hydrogen (secondary N) is 2. The van der Waals surface area contributed by atoms with Crippen molar-refractivity contribution in [1.29, 1.82) is 0 Å². The maximum atomic E-state index is 12.2. The van der Waals surface area contributed by atoms with Gasteiger partial charge in [0.2, 0.25) is 0 Å². The molecule has 0 saturated carbocycles. The molecule has 2 aromatic rings. The van der Waals surface area contributed by atoms with Gasteiger partial charge >= 0.3 is 6.03 Å². The van der Waals surface area contributed by atoms with Gasteiger partial charge in [-0.05, 0) is 48.9 Å². The minimum absolute atomic E-state index is 0.0531. The summed E-state index contributed by atoms with van der Waals surface area (Å²) in [6, 6.07) is 11.0. The number of para-hydroxylation sites is 1. The number of benzene rings is 2. The Hall–Kier alpha value is -2.69. The number of hydrogen-bond donors (Lipinski definition) is 3. The van der Waals surface area contributed by atoms with Gasteiger partial charge in [0.25, 0.3) is 0 Å². The van der Waals surface area contributed by atoms with Gasteiger partial charge < -0.3 is 20.5 Å². The van der Waals surface area contributed by atoms with Crippen LogP contribution in [0.25, 0.3) is 0 Å². The standard InChI is InChI=1S/C19H22N2O3/c1-24-17-11-5-8-14(18(17)22)12-20-19(23)21-16-10-4-7-13-6-2-3-9-15(13)16/h4-5,7-8,10-11,22H,2-3,6,9,12H2,1H3,(H2,20,21,23). The lowest BCUT2D eigenvalue weighted by atomic mass is 9.90. The van der Waals surface area contributed by atoms with Crippen LogP contribution in [0.1, 0.15) is 29.5 Å². The van der Waals surface area contributed by atoms with E-state index in [0.717, 1.165) is 24.9 Å². The van der Waals surface area contributed by atoms with Crippen molar-refractivity contribution in [3.8, 4) is 11.5 Å².